The van der Waals surface area contributed by atoms with Crippen LogP contribution in [0.25, 0.3) is 11.1 Å². The topological polar surface area (TPSA) is 98.0 Å². The summed E-state index contributed by atoms with van der Waals surface area (Å²) >= 11 is 0. The number of ether oxygens (including phenoxy) is 2. The number of rotatable bonds is 10. The molecule has 0 saturated heterocycles. The molecule has 1 amide bonds. The Hall–Kier alpha value is -4.52. The number of carbonyl (C=O) groups excluding carboxylic acids is 1. The molecule has 1 heterocycles. The summed E-state index contributed by atoms with van der Waals surface area (Å²) < 4.78 is 17.0. The fourth-order valence-corrected chi connectivity index (χ4v) is 4.77. The van der Waals surface area contributed by atoms with Crippen LogP contribution in [0.4, 0.5) is 4.79 Å². The molecule has 1 aromatic heterocycles. The summed E-state index contributed by atoms with van der Waals surface area (Å²) in [5.74, 6) is 0.424. The van der Waals surface area contributed by atoms with Crippen LogP contribution in [0.15, 0.2) is 89.3 Å². The van der Waals surface area contributed by atoms with E-state index < -0.39 is 18.1 Å². The molecule has 38 heavy (non-hydrogen) atoms. The average Bonchev–Trinajstić information content (AvgIpc) is 3.52. The predicted molar refractivity (Wildman–Crippen MR) is 142 cm³/mol. The van der Waals surface area contributed by atoms with E-state index >= 15 is 0 Å². The number of amides is 1. The SMILES string of the molecule is CCc1ccc(OCc2ccc(CC(NC(=O)OCC3c4ccccc4-c4ccccc43)C(=O)O)o2)cc1. The van der Waals surface area contributed by atoms with E-state index in [0.29, 0.717) is 11.5 Å². The van der Waals surface area contributed by atoms with Crippen LogP contribution in [-0.4, -0.2) is 29.8 Å². The number of carboxylic acid groups (broad SMARTS) is 1. The van der Waals surface area contributed by atoms with E-state index in [1.54, 1.807) is 12.1 Å². The van der Waals surface area contributed by atoms with Gasteiger partial charge < -0.3 is 24.3 Å². The lowest BCUT2D eigenvalue weighted by Gasteiger charge is -2.17. The molecule has 0 bridgehead atoms. The summed E-state index contributed by atoms with van der Waals surface area (Å²) in [6, 6.07) is 26.1. The monoisotopic (exact) mass is 511 g/mol. The van der Waals surface area contributed by atoms with Gasteiger partial charge in [0, 0.05) is 12.3 Å². The molecule has 7 nitrogen and oxygen atoms in total. The van der Waals surface area contributed by atoms with Crippen LogP contribution in [0.1, 0.15) is 41.1 Å². The maximum Gasteiger partial charge on any atom is 0.407 e. The standard InChI is InChI=1S/C31H29NO6/c1-2-20-11-13-21(14-12-20)36-18-23-16-15-22(38-23)17-29(30(33)34)32-31(35)37-19-28-26-9-5-3-7-24(26)25-8-4-6-10-27(25)28/h3-16,28-29H,2,17-19H2,1H3,(H,32,35)(H,33,34). The summed E-state index contributed by atoms with van der Waals surface area (Å²) in [5, 5.41) is 12.2. The zero-order valence-corrected chi connectivity index (χ0v) is 21.1. The van der Waals surface area contributed by atoms with Gasteiger partial charge in [-0.2, -0.15) is 0 Å². The molecule has 194 valence electrons. The molecule has 0 radical (unpaired) electrons. The number of hydrogen-bond acceptors (Lipinski definition) is 5. The van der Waals surface area contributed by atoms with Gasteiger partial charge in [-0.05, 0) is 58.5 Å². The zero-order chi connectivity index (χ0) is 26.5. The van der Waals surface area contributed by atoms with Crippen LogP contribution in [0.5, 0.6) is 5.75 Å². The summed E-state index contributed by atoms with van der Waals surface area (Å²) in [7, 11) is 0. The molecular weight excluding hydrogens is 482 g/mol. The molecule has 0 spiro atoms. The maximum absolute atomic E-state index is 12.6. The average molecular weight is 512 g/mol. The minimum atomic E-state index is -1.20. The van der Waals surface area contributed by atoms with Gasteiger partial charge in [0.25, 0.3) is 0 Å². The van der Waals surface area contributed by atoms with E-state index in [9.17, 15) is 14.7 Å². The largest absolute Gasteiger partial charge is 0.486 e. The minimum absolute atomic E-state index is 0.0231. The Morgan fingerprint density at radius 1 is 0.895 bits per heavy atom. The van der Waals surface area contributed by atoms with E-state index in [1.807, 2.05) is 60.7 Å². The Labute approximate surface area is 221 Å². The number of benzene rings is 3. The molecule has 4 aromatic rings. The van der Waals surface area contributed by atoms with Gasteiger partial charge in [-0.25, -0.2) is 9.59 Å². The zero-order valence-electron chi connectivity index (χ0n) is 21.1. The summed E-state index contributed by atoms with van der Waals surface area (Å²) in [5.41, 5.74) is 5.64. The van der Waals surface area contributed by atoms with Crippen LogP contribution < -0.4 is 10.1 Å². The van der Waals surface area contributed by atoms with Crippen LogP contribution in [0.2, 0.25) is 0 Å². The number of aryl methyl sites for hydroxylation is 1. The van der Waals surface area contributed by atoms with Gasteiger partial charge in [-0.1, -0.05) is 67.6 Å². The molecule has 1 aliphatic carbocycles. The summed E-state index contributed by atoms with van der Waals surface area (Å²) in [6.45, 7) is 2.41. The van der Waals surface area contributed by atoms with Crippen molar-refractivity contribution in [3.63, 3.8) is 0 Å². The fourth-order valence-electron chi connectivity index (χ4n) is 4.77. The number of aliphatic carboxylic acids is 1. The van der Waals surface area contributed by atoms with Crippen molar-refractivity contribution < 1.29 is 28.6 Å². The quantitative estimate of drug-likeness (QED) is 0.273. The Morgan fingerprint density at radius 2 is 1.53 bits per heavy atom. The number of nitrogens with one attached hydrogen (secondary N) is 1. The minimum Gasteiger partial charge on any atom is -0.486 e. The van der Waals surface area contributed by atoms with Crippen LogP contribution >= 0.6 is 0 Å². The lowest BCUT2D eigenvalue weighted by atomic mass is 9.98. The van der Waals surface area contributed by atoms with Crippen molar-refractivity contribution in [3.05, 3.63) is 113 Å². The number of furan rings is 1. The van der Waals surface area contributed by atoms with Crippen molar-refractivity contribution in [2.24, 2.45) is 0 Å². The third-order valence-corrected chi connectivity index (χ3v) is 6.77. The Balaban J connectivity index is 1.16. The normalized spacial score (nSPS) is 12.9. The first-order chi connectivity index (χ1) is 18.5. The molecule has 0 fully saturated rings. The van der Waals surface area contributed by atoms with E-state index in [-0.39, 0.29) is 25.6 Å². The highest BCUT2D eigenvalue weighted by Gasteiger charge is 2.30. The van der Waals surface area contributed by atoms with Crippen molar-refractivity contribution in [2.45, 2.75) is 38.3 Å². The van der Waals surface area contributed by atoms with Gasteiger partial charge in [-0.3, -0.25) is 0 Å². The van der Waals surface area contributed by atoms with Crippen molar-refractivity contribution in [1.82, 2.24) is 5.32 Å². The van der Waals surface area contributed by atoms with Gasteiger partial charge in [0.15, 0.2) is 0 Å². The lowest BCUT2D eigenvalue weighted by Crippen LogP contribution is -2.42. The molecule has 1 unspecified atom stereocenters. The smallest absolute Gasteiger partial charge is 0.407 e. The van der Waals surface area contributed by atoms with Crippen LogP contribution in [-0.2, 0) is 29.0 Å². The molecule has 5 rings (SSSR count). The predicted octanol–water partition coefficient (Wildman–Crippen LogP) is 5.96. The Bertz CT molecular complexity index is 1380. The number of carboxylic acids is 1. The molecule has 3 aromatic carbocycles. The van der Waals surface area contributed by atoms with Crippen molar-refractivity contribution in [2.75, 3.05) is 6.61 Å². The van der Waals surface area contributed by atoms with E-state index in [4.69, 9.17) is 13.9 Å². The molecule has 1 atom stereocenters. The molecule has 0 aliphatic heterocycles. The molecule has 1 aliphatic rings. The number of carbonyl (C=O) groups is 2. The first-order valence-corrected chi connectivity index (χ1v) is 12.7. The van der Waals surface area contributed by atoms with E-state index in [2.05, 4.69) is 24.4 Å². The van der Waals surface area contributed by atoms with Crippen LogP contribution in [0, 0.1) is 0 Å². The fraction of sp³-hybridized carbons (Fsp3) is 0.226. The second-order valence-corrected chi connectivity index (χ2v) is 9.22. The molecule has 7 heteroatoms. The first-order valence-electron chi connectivity index (χ1n) is 12.7. The maximum atomic E-state index is 12.6. The lowest BCUT2D eigenvalue weighted by molar-refractivity contribution is -0.139. The summed E-state index contributed by atoms with van der Waals surface area (Å²) in [4.78, 5) is 24.5. The van der Waals surface area contributed by atoms with E-state index in [0.717, 1.165) is 34.4 Å². The second-order valence-electron chi connectivity index (χ2n) is 9.22. The van der Waals surface area contributed by atoms with Gasteiger partial charge in [0.2, 0.25) is 0 Å². The van der Waals surface area contributed by atoms with Crippen LogP contribution in [0.3, 0.4) is 0 Å². The van der Waals surface area contributed by atoms with Gasteiger partial charge in [0.05, 0.1) is 0 Å². The number of fused-ring (bicyclic) bond motifs is 3. The highest BCUT2D eigenvalue weighted by atomic mass is 16.5. The first kappa shape index (κ1) is 25.1. The summed E-state index contributed by atoms with van der Waals surface area (Å²) in [6.07, 6.45) is 0.145. The molecule has 0 saturated carbocycles. The highest BCUT2D eigenvalue weighted by Crippen LogP contribution is 2.44. The second kappa shape index (κ2) is 11.3. The number of hydrogen-bond donors (Lipinski definition) is 2. The third-order valence-electron chi connectivity index (χ3n) is 6.77. The van der Waals surface area contributed by atoms with Gasteiger partial charge in [0.1, 0.15) is 36.5 Å². The van der Waals surface area contributed by atoms with Crippen molar-refractivity contribution >= 4 is 12.1 Å². The third kappa shape index (κ3) is 5.57. The van der Waals surface area contributed by atoms with Crippen molar-refractivity contribution in [1.29, 1.82) is 0 Å². The van der Waals surface area contributed by atoms with Crippen molar-refractivity contribution in [3.8, 4) is 16.9 Å². The Kier molecular flexibility index (Phi) is 7.45. The van der Waals surface area contributed by atoms with Gasteiger partial charge in [-0.15, -0.1) is 0 Å². The molecular formula is C31H29NO6. The van der Waals surface area contributed by atoms with Gasteiger partial charge >= 0.3 is 12.1 Å². The molecule has 2 N–H and O–H groups in total. The van der Waals surface area contributed by atoms with E-state index in [1.165, 1.54) is 5.56 Å². The highest BCUT2D eigenvalue weighted by molar-refractivity contribution is 5.81. The Morgan fingerprint density at radius 3 is 2.16 bits per heavy atom. The number of alkyl carbamates (subject to hydrolysis) is 1.